The largest absolute Gasteiger partial charge is 0.450 e. The van der Waals surface area contributed by atoms with Crippen LogP contribution in [0.2, 0.25) is 0 Å². The number of carbonyl (C=O) groups is 1. The summed E-state index contributed by atoms with van der Waals surface area (Å²) < 4.78 is 5.04. The van der Waals surface area contributed by atoms with Crippen molar-refractivity contribution in [2.24, 2.45) is 17.1 Å². The molecule has 1 saturated heterocycles. The number of nitrogens with two attached hydrogens (primary N) is 1. The molecular weight excluding hydrogens is 216 g/mol. The zero-order valence-corrected chi connectivity index (χ0v) is 11.5. The Morgan fingerprint density at radius 2 is 2.06 bits per heavy atom. The number of ether oxygens (including phenoxy) is 1. The smallest absolute Gasteiger partial charge is 0.409 e. The Labute approximate surface area is 104 Å². The van der Waals surface area contributed by atoms with E-state index in [1.54, 1.807) is 4.90 Å². The summed E-state index contributed by atoms with van der Waals surface area (Å²) in [5.41, 5.74) is 6.30. The summed E-state index contributed by atoms with van der Waals surface area (Å²) in [5.74, 6) is 0.489. The molecular formula is C13H26N2O2. The second-order valence-corrected chi connectivity index (χ2v) is 6.23. The first-order valence-electron chi connectivity index (χ1n) is 6.49. The van der Waals surface area contributed by atoms with Crippen LogP contribution in [0, 0.1) is 11.3 Å². The molecule has 0 aliphatic carbocycles. The first-order valence-corrected chi connectivity index (χ1v) is 6.49. The maximum Gasteiger partial charge on any atom is 0.409 e. The number of piperidine rings is 1. The zero-order chi connectivity index (χ0) is 13.1. The van der Waals surface area contributed by atoms with Gasteiger partial charge in [0.25, 0.3) is 0 Å². The number of carbonyl (C=O) groups excluding carboxylic acids is 1. The van der Waals surface area contributed by atoms with Crippen molar-refractivity contribution in [1.29, 1.82) is 0 Å². The molecule has 4 heteroatoms. The molecule has 2 atom stereocenters. The average Bonchev–Trinajstić information content (AvgIpc) is 2.14. The van der Waals surface area contributed by atoms with Crippen molar-refractivity contribution in [3.05, 3.63) is 0 Å². The van der Waals surface area contributed by atoms with Gasteiger partial charge in [-0.1, -0.05) is 20.8 Å². The lowest BCUT2D eigenvalue weighted by molar-refractivity contribution is 0.0754. The van der Waals surface area contributed by atoms with Crippen LogP contribution < -0.4 is 5.73 Å². The summed E-state index contributed by atoms with van der Waals surface area (Å²) in [5, 5.41) is 0. The van der Waals surface area contributed by atoms with Crippen LogP contribution in [0.5, 0.6) is 0 Å². The Morgan fingerprint density at radius 3 is 2.59 bits per heavy atom. The maximum atomic E-state index is 11.7. The van der Waals surface area contributed by atoms with E-state index in [0.717, 1.165) is 19.4 Å². The van der Waals surface area contributed by atoms with Gasteiger partial charge in [-0.15, -0.1) is 0 Å². The van der Waals surface area contributed by atoms with Gasteiger partial charge in [-0.2, -0.15) is 0 Å². The van der Waals surface area contributed by atoms with Crippen LogP contribution in [-0.2, 0) is 4.74 Å². The first kappa shape index (κ1) is 14.3. The Balaban J connectivity index is 2.56. The third-order valence-corrected chi connectivity index (χ3v) is 3.00. The van der Waals surface area contributed by atoms with Gasteiger partial charge in [0.15, 0.2) is 0 Å². The van der Waals surface area contributed by atoms with Crippen LogP contribution in [0.1, 0.15) is 40.5 Å². The molecule has 4 nitrogen and oxygen atoms in total. The van der Waals surface area contributed by atoms with Gasteiger partial charge in [-0.3, -0.25) is 0 Å². The van der Waals surface area contributed by atoms with Crippen molar-refractivity contribution >= 4 is 6.09 Å². The summed E-state index contributed by atoms with van der Waals surface area (Å²) in [7, 11) is 0. The van der Waals surface area contributed by atoms with E-state index in [-0.39, 0.29) is 17.6 Å². The van der Waals surface area contributed by atoms with E-state index in [1.165, 1.54) is 0 Å². The summed E-state index contributed by atoms with van der Waals surface area (Å²) in [6.45, 7) is 10.3. The van der Waals surface area contributed by atoms with E-state index >= 15 is 0 Å². The highest BCUT2D eigenvalue weighted by atomic mass is 16.6. The summed E-state index contributed by atoms with van der Waals surface area (Å²) in [6.07, 6.45) is 1.88. The minimum absolute atomic E-state index is 0.0838. The molecule has 0 spiro atoms. The van der Waals surface area contributed by atoms with Crippen molar-refractivity contribution in [3.8, 4) is 0 Å². The summed E-state index contributed by atoms with van der Waals surface area (Å²) >= 11 is 0. The lowest BCUT2D eigenvalue weighted by atomic mass is 9.80. The van der Waals surface area contributed by atoms with E-state index in [2.05, 4.69) is 20.8 Å². The lowest BCUT2D eigenvalue weighted by Crippen LogP contribution is -2.50. The van der Waals surface area contributed by atoms with Crippen LogP contribution in [-0.4, -0.2) is 36.7 Å². The van der Waals surface area contributed by atoms with Gasteiger partial charge in [-0.25, -0.2) is 4.79 Å². The van der Waals surface area contributed by atoms with Crippen molar-refractivity contribution in [1.82, 2.24) is 4.90 Å². The van der Waals surface area contributed by atoms with E-state index < -0.39 is 0 Å². The number of hydrogen-bond acceptors (Lipinski definition) is 3. The summed E-state index contributed by atoms with van der Waals surface area (Å²) in [6, 6.07) is 0.0838. The number of likely N-dealkylation sites (tertiary alicyclic amines) is 1. The highest BCUT2D eigenvalue weighted by Crippen LogP contribution is 2.29. The Hall–Kier alpha value is -0.770. The SMILES string of the molecule is CCOC(=O)N1CC(N)CC(CC(C)(C)C)C1. The van der Waals surface area contributed by atoms with Crippen LogP contribution in [0.25, 0.3) is 0 Å². The molecule has 100 valence electrons. The molecule has 17 heavy (non-hydrogen) atoms. The van der Waals surface area contributed by atoms with E-state index in [0.29, 0.717) is 19.1 Å². The molecule has 0 aromatic heterocycles. The van der Waals surface area contributed by atoms with Gasteiger partial charge >= 0.3 is 6.09 Å². The number of rotatable bonds is 2. The van der Waals surface area contributed by atoms with E-state index in [4.69, 9.17) is 10.5 Å². The van der Waals surface area contributed by atoms with E-state index in [9.17, 15) is 4.79 Å². The third kappa shape index (κ3) is 4.94. The van der Waals surface area contributed by atoms with Crippen LogP contribution in [0.3, 0.4) is 0 Å². The normalized spacial score (nSPS) is 25.8. The molecule has 2 unspecified atom stereocenters. The number of nitrogens with zero attached hydrogens (tertiary/aromatic N) is 1. The predicted molar refractivity (Wildman–Crippen MR) is 68.7 cm³/mol. The van der Waals surface area contributed by atoms with Crippen molar-refractivity contribution < 1.29 is 9.53 Å². The fraction of sp³-hybridized carbons (Fsp3) is 0.923. The lowest BCUT2D eigenvalue weighted by Gasteiger charge is -2.38. The van der Waals surface area contributed by atoms with Gasteiger partial charge in [0.1, 0.15) is 0 Å². The Bertz CT molecular complexity index is 261. The fourth-order valence-corrected chi connectivity index (χ4v) is 2.62. The van der Waals surface area contributed by atoms with Gasteiger partial charge in [0.05, 0.1) is 6.61 Å². The molecule has 1 amide bonds. The predicted octanol–water partition coefficient (Wildman–Crippen LogP) is 2.23. The topological polar surface area (TPSA) is 55.6 Å². The minimum Gasteiger partial charge on any atom is -0.450 e. The molecule has 0 aromatic rings. The van der Waals surface area contributed by atoms with Crippen LogP contribution in [0.15, 0.2) is 0 Å². The van der Waals surface area contributed by atoms with Crippen molar-refractivity contribution in [2.75, 3.05) is 19.7 Å². The van der Waals surface area contributed by atoms with Gasteiger partial charge in [-0.05, 0) is 31.1 Å². The average molecular weight is 242 g/mol. The van der Waals surface area contributed by atoms with Crippen molar-refractivity contribution in [3.63, 3.8) is 0 Å². The van der Waals surface area contributed by atoms with Gasteiger partial charge < -0.3 is 15.4 Å². The van der Waals surface area contributed by atoms with Crippen LogP contribution >= 0.6 is 0 Å². The number of amides is 1. The highest BCUT2D eigenvalue weighted by Gasteiger charge is 2.31. The standard InChI is InChI=1S/C13H26N2O2/c1-5-17-12(16)15-8-10(6-11(14)9-15)7-13(2,3)4/h10-11H,5-9,14H2,1-4H3. The molecule has 1 aliphatic heterocycles. The second-order valence-electron chi connectivity index (χ2n) is 6.23. The molecule has 1 fully saturated rings. The number of hydrogen-bond donors (Lipinski definition) is 1. The monoisotopic (exact) mass is 242 g/mol. The molecule has 1 aliphatic rings. The van der Waals surface area contributed by atoms with Gasteiger partial charge in [0, 0.05) is 19.1 Å². The van der Waals surface area contributed by atoms with E-state index in [1.807, 2.05) is 6.92 Å². The maximum absolute atomic E-state index is 11.7. The zero-order valence-electron chi connectivity index (χ0n) is 11.5. The quantitative estimate of drug-likeness (QED) is 0.808. The van der Waals surface area contributed by atoms with Crippen molar-refractivity contribution in [2.45, 2.75) is 46.6 Å². The minimum atomic E-state index is -0.221. The highest BCUT2D eigenvalue weighted by molar-refractivity contribution is 5.67. The molecule has 2 N–H and O–H groups in total. The second kappa shape index (κ2) is 5.71. The molecule has 0 aromatic carbocycles. The first-order chi connectivity index (χ1) is 7.81. The molecule has 0 saturated carbocycles. The molecule has 0 bridgehead atoms. The Morgan fingerprint density at radius 1 is 1.41 bits per heavy atom. The molecule has 1 heterocycles. The van der Waals surface area contributed by atoms with Crippen LogP contribution in [0.4, 0.5) is 4.79 Å². The third-order valence-electron chi connectivity index (χ3n) is 3.00. The fourth-order valence-electron chi connectivity index (χ4n) is 2.62. The molecule has 1 rings (SSSR count). The molecule has 0 radical (unpaired) electrons. The summed E-state index contributed by atoms with van der Waals surface area (Å²) in [4.78, 5) is 13.5. The van der Waals surface area contributed by atoms with Gasteiger partial charge in [0.2, 0.25) is 0 Å². The Kier molecular flexibility index (Phi) is 4.80.